The van der Waals surface area contributed by atoms with Gasteiger partial charge in [-0.25, -0.2) is 9.18 Å². The molecule has 2 N–H and O–H groups in total. The molecule has 0 saturated carbocycles. The van der Waals surface area contributed by atoms with E-state index >= 15 is 0 Å². The Labute approximate surface area is 270 Å². The number of hydrogen-bond donors (Lipinski definition) is 2. The van der Waals surface area contributed by atoms with Crippen LogP contribution in [0.2, 0.25) is 10.0 Å². The molecule has 2 aliphatic rings. The minimum atomic E-state index is -1.63. The SMILES string of the molecule is Cc1ccc(F)cc1[C@@H]1NC(=O)[C@H](Cl)[C@H](c2cc(Cl)ccc2OC(C)(C)C(=O)OC(C)(C)C)[C@@]12C(=O)Nc1cc(Cl)ccc12. The number of nitrogens with one attached hydrogen (secondary N) is 2. The van der Waals surface area contributed by atoms with Crippen molar-refractivity contribution in [3.63, 3.8) is 0 Å². The summed E-state index contributed by atoms with van der Waals surface area (Å²) >= 11 is 19.8. The number of alkyl halides is 1. The van der Waals surface area contributed by atoms with Gasteiger partial charge in [-0.15, -0.1) is 11.6 Å². The molecule has 0 bridgehead atoms. The van der Waals surface area contributed by atoms with Crippen molar-refractivity contribution in [2.75, 3.05) is 5.32 Å². The molecule has 3 aromatic carbocycles. The van der Waals surface area contributed by atoms with Gasteiger partial charge in [0.05, 0.1) is 6.04 Å². The number of fused-ring (bicyclic) bond motifs is 2. The average Bonchev–Trinajstić information content (AvgIpc) is 3.19. The Bertz CT molecular complexity index is 1690. The quantitative estimate of drug-likeness (QED) is 0.220. The zero-order chi connectivity index (χ0) is 32.4. The van der Waals surface area contributed by atoms with Gasteiger partial charge < -0.3 is 20.1 Å². The van der Waals surface area contributed by atoms with Gasteiger partial charge in [0.1, 0.15) is 28.0 Å². The number of hydrogen-bond acceptors (Lipinski definition) is 5. The van der Waals surface area contributed by atoms with Gasteiger partial charge in [-0.1, -0.05) is 35.3 Å². The Hall–Kier alpha value is -3.33. The zero-order valence-corrected chi connectivity index (χ0v) is 27.2. The summed E-state index contributed by atoms with van der Waals surface area (Å²) in [7, 11) is 0. The maximum atomic E-state index is 14.8. The fraction of sp³-hybridized carbons (Fsp3) is 0.364. The summed E-state index contributed by atoms with van der Waals surface area (Å²) in [6, 6.07) is 12.8. The number of esters is 1. The van der Waals surface area contributed by atoms with Crippen molar-refractivity contribution >= 4 is 58.3 Å². The number of benzene rings is 3. The molecule has 0 aliphatic carbocycles. The van der Waals surface area contributed by atoms with E-state index in [1.165, 1.54) is 12.1 Å². The van der Waals surface area contributed by atoms with Crippen LogP contribution in [0.5, 0.6) is 5.75 Å². The standard InChI is InChI=1S/C33H32Cl3FN2O5/c1-16-7-10-19(37)15-20(16)27-33(22-11-8-18(35)14-23(22)38-29(33)41)25(26(36)28(40)39-27)21-13-17(34)9-12-24(21)43-32(5,6)30(42)44-31(2,3)4/h7-15,25-27H,1-6H3,(H,38,41)(H,39,40)/t25-,26+,27-,33+/m0/s1. The number of carbonyl (C=O) groups is 3. The number of aryl methyl sites for hydroxylation is 1. The molecule has 232 valence electrons. The van der Waals surface area contributed by atoms with E-state index in [4.69, 9.17) is 44.3 Å². The van der Waals surface area contributed by atoms with Gasteiger partial charge in [0.25, 0.3) is 0 Å². The van der Waals surface area contributed by atoms with Gasteiger partial charge in [0, 0.05) is 27.2 Å². The molecule has 0 radical (unpaired) electrons. The minimum Gasteiger partial charge on any atom is -0.476 e. The number of piperidine rings is 1. The van der Waals surface area contributed by atoms with Gasteiger partial charge >= 0.3 is 5.97 Å². The van der Waals surface area contributed by atoms with Gasteiger partial charge in [-0.2, -0.15) is 0 Å². The lowest BCUT2D eigenvalue weighted by Crippen LogP contribution is -2.61. The summed E-state index contributed by atoms with van der Waals surface area (Å²) in [5.74, 6) is -3.19. The topological polar surface area (TPSA) is 93.7 Å². The molecular formula is C33H32Cl3FN2O5. The monoisotopic (exact) mass is 660 g/mol. The van der Waals surface area contributed by atoms with Gasteiger partial charge in [0.15, 0.2) is 5.60 Å². The molecule has 1 spiro atoms. The third-order valence-corrected chi connectivity index (χ3v) is 8.86. The summed E-state index contributed by atoms with van der Waals surface area (Å²) in [4.78, 5) is 41.3. The summed E-state index contributed by atoms with van der Waals surface area (Å²) in [5.41, 5.74) is -1.65. The van der Waals surface area contributed by atoms with Crippen LogP contribution in [0.3, 0.4) is 0 Å². The van der Waals surface area contributed by atoms with Crippen LogP contribution in [0.25, 0.3) is 0 Å². The first-order valence-corrected chi connectivity index (χ1v) is 15.2. The number of rotatable bonds is 5. The highest BCUT2D eigenvalue weighted by Crippen LogP contribution is 2.60. The van der Waals surface area contributed by atoms with Crippen LogP contribution in [-0.2, 0) is 24.5 Å². The van der Waals surface area contributed by atoms with Crippen molar-refractivity contribution in [3.05, 3.63) is 92.7 Å². The third-order valence-electron chi connectivity index (χ3n) is 7.94. The lowest BCUT2D eigenvalue weighted by Gasteiger charge is -2.49. The number of amides is 2. The maximum Gasteiger partial charge on any atom is 0.350 e. The van der Waals surface area contributed by atoms with Crippen molar-refractivity contribution in [2.45, 2.75) is 75.5 Å². The summed E-state index contributed by atoms with van der Waals surface area (Å²) in [6.45, 7) is 10.1. The van der Waals surface area contributed by atoms with Crippen molar-refractivity contribution in [2.24, 2.45) is 0 Å². The fourth-order valence-electron chi connectivity index (χ4n) is 6.04. The van der Waals surface area contributed by atoms with Crippen LogP contribution in [-0.4, -0.2) is 34.4 Å². The molecule has 7 nitrogen and oxygen atoms in total. The number of anilines is 1. The Morgan fingerprint density at radius 3 is 2.27 bits per heavy atom. The van der Waals surface area contributed by atoms with E-state index in [2.05, 4.69) is 10.6 Å². The smallest absolute Gasteiger partial charge is 0.350 e. The number of ether oxygens (including phenoxy) is 2. The Balaban J connectivity index is 1.79. The predicted molar refractivity (Wildman–Crippen MR) is 168 cm³/mol. The van der Waals surface area contributed by atoms with Crippen LogP contribution in [0.4, 0.5) is 10.1 Å². The lowest BCUT2D eigenvalue weighted by atomic mass is 9.58. The fourth-order valence-corrected chi connectivity index (χ4v) is 6.79. The van der Waals surface area contributed by atoms with Crippen molar-refractivity contribution in [3.8, 4) is 5.75 Å². The predicted octanol–water partition coefficient (Wildman–Crippen LogP) is 7.39. The van der Waals surface area contributed by atoms with Crippen molar-refractivity contribution < 1.29 is 28.2 Å². The molecule has 2 amide bonds. The van der Waals surface area contributed by atoms with E-state index in [-0.39, 0.29) is 10.8 Å². The molecule has 2 aliphatic heterocycles. The first-order valence-electron chi connectivity index (χ1n) is 14.0. The second-order valence-electron chi connectivity index (χ2n) is 12.6. The number of halogens is 4. The van der Waals surface area contributed by atoms with E-state index < -0.39 is 57.6 Å². The molecule has 1 saturated heterocycles. The second-order valence-corrected chi connectivity index (χ2v) is 14.0. The first-order chi connectivity index (χ1) is 20.5. The van der Waals surface area contributed by atoms with E-state index in [0.717, 1.165) is 0 Å². The minimum absolute atomic E-state index is 0.167. The molecular weight excluding hydrogens is 630 g/mol. The van der Waals surface area contributed by atoms with Crippen LogP contribution in [0.1, 0.15) is 68.8 Å². The highest BCUT2D eigenvalue weighted by Gasteiger charge is 2.65. The van der Waals surface area contributed by atoms with Gasteiger partial charge in [0.2, 0.25) is 11.8 Å². The maximum absolute atomic E-state index is 14.8. The van der Waals surface area contributed by atoms with Crippen molar-refractivity contribution in [1.29, 1.82) is 0 Å². The highest BCUT2D eigenvalue weighted by molar-refractivity contribution is 6.33. The zero-order valence-electron chi connectivity index (χ0n) is 25.0. The van der Waals surface area contributed by atoms with E-state index in [9.17, 15) is 18.8 Å². The van der Waals surface area contributed by atoms with Gasteiger partial charge in [-0.3, -0.25) is 9.59 Å². The molecule has 4 atom stereocenters. The molecule has 3 aromatic rings. The van der Waals surface area contributed by atoms with Crippen LogP contribution in [0.15, 0.2) is 54.6 Å². The van der Waals surface area contributed by atoms with Gasteiger partial charge in [-0.05, 0) is 101 Å². The summed E-state index contributed by atoms with van der Waals surface area (Å²) in [5, 5.41) is 5.17. The lowest BCUT2D eigenvalue weighted by molar-refractivity contribution is -0.171. The summed E-state index contributed by atoms with van der Waals surface area (Å²) in [6.07, 6.45) is 0. The molecule has 11 heteroatoms. The van der Waals surface area contributed by atoms with Crippen LogP contribution in [0, 0.1) is 12.7 Å². The second kappa shape index (κ2) is 11.2. The van der Waals surface area contributed by atoms with Crippen molar-refractivity contribution in [1.82, 2.24) is 5.32 Å². The molecule has 0 aromatic heterocycles. The molecule has 2 heterocycles. The molecule has 0 unspecified atom stereocenters. The Kier molecular flexibility index (Phi) is 8.19. The average molecular weight is 662 g/mol. The first kappa shape index (κ1) is 32.1. The molecule has 5 rings (SSSR count). The summed E-state index contributed by atoms with van der Waals surface area (Å²) < 4.78 is 26.7. The molecule has 1 fully saturated rings. The normalized spacial score (nSPS) is 23.2. The van der Waals surface area contributed by atoms with Crippen LogP contribution < -0.4 is 15.4 Å². The van der Waals surface area contributed by atoms with Crippen LogP contribution >= 0.6 is 34.8 Å². The Morgan fingerprint density at radius 2 is 1.59 bits per heavy atom. The van der Waals surface area contributed by atoms with E-state index in [1.54, 1.807) is 84.0 Å². The van der Waals surface area contributed by atoms with E-state index in [0.29, 0.717) is 33.0 Å². The molecule has 44 heavy (non-hydrogen) atoms. The largest absolute Gasteiger partial charge is 0.476 e. The number of carbonyl (C=O) groups excluding carboxylic acids is 3. The third kappa shape index (κ3) is 5.52. The Morgan fingerprint density at radius 1 is 0.932 bits per heavy atom. The highest BCUT2D eigenvalue weighted by atomic mass is 35.5. The van der Waals surface area contributed by atoms with E-state index in [1.807, 2.05) is 0 Å².